The predicted molar refractivity (Wildman–Crippen MR) is 114 cm³/mol. The van der Waals surface area contributed by atoms with E-state index in [-0.39, 0.29) is 36.5 Å². The summed E-state index contributed by atoms with van der Waals surface area (Å²) < 4.78 is 6.46. The molecule has 3 heterocycles. The van der Waals surface area contributed by atoms with Crippen molar-refractivity contribution in [3.05, 3.63) is 57.6 Å². The zero-order chi connectivity index (χ0) is 21.5. The molecule has 2 aliphatic rings. The topological polar surface area (TPSA) is 106 Å². The Morgan fingerprint density at radius 3 is 2.94 bits per heavy atom. The van der Waals surface area contributed by atoms with E-state index < -0.39 is 10.8 Å². The number of amides is 2. The van der Waals surface area contributed by atoms with Crippen molar-refractivity contribution < 1.29 is 19.2 Å². The number of nitro benzene ring substituents is 1. The predicted octanol–water partition coefficient (Wildman–Crippen LogP) is 3.29. The lowest BCUT2D eigenvalue weighted by Gasteiger charge is -2.31. The first-order chi connectivity index (χ1) is 15.0. The number of non-ortho nitro benzene ring substituents is 1. The van der Waals surface area contributed by atoms with Crippen LogP contribution in [0.1, 0.15) is 23.9 Å². The summed E-state index contributed by atoms with van der Waals surface area (Å²) in [4.78, 5) is 44.1. The van der Waals surface area contributed by atoms with Gasteiger partial charge in [0.1, 0.15) is 17.3 Å². The number of para-hydroxylation sites is 1. The van der Waals surface area contributed by atoms with Gasteiger partial charge in [-0.05, 0) is 31.0 Å². The third kappa shape index (κ3) is 3.48. The largest absolute Gasteiger partial charge is 0.482 e. The molecule has 0 saturated carbocycles. The highest BCUT2D eigenvalue weighted by Gasteiger charge is 2.36. The monoisotopic (exact) mass is 438 g/mol. The van der Waals surface area contributed by atoms with Gasteiger partial charge in [-0.2, -0.15) is 0 Å². The van der Waals surface area contributed by atoms with Crippen LogP contribution in [0.25, 0.3) is 10.2 Å². The highest BCUT2D eigenvalue weighted by Crippen LogP contribution is 2.38. The molecule has 10 heteroatoms. The highest BCUT2D eigenvalue weighted by atomic mass is 32.1. The summed E-state index contributed by atoms with van der Waals surface area (Å²) in [6.07, 6.45) is 1.66. The van der Waals surface area contributed by atoms with Crippen molar-refractivity contribution in [3.8, 4) is 5.75 Å². The number of fused-ring (bicyclic) bond motifs is 2. The van der Waals surface area contributed by atoms with Crippen LogP contribution in [-0.4, -0.2) is 46.3 Å². The van der Waals surface area contributed by atoms with Crippen LogP contribution in [0.5, 0.6) is 5.75 Å². The fraction of sp³-hybridized carbons (Fsp3) is 0.286. The van der Waals surface area contributed by atoms with Crippen molar-refractivity contribution in [2.45, 2.75) is 18.9 Å². The van der Waals surface area contributed by atoms with Crippen LogP contribution in [0.4, 0.5) is 11.4 Å². The van der Waals surface area contributed by atoms with Crippen LogP contribution >= 0.6 is 11.3 Å². The van der Waals surface area contributed by atoms with Crippen LogP contribution in [0.3, 0.4) is 0 Å². The van der Waals surface area contributed by atoms with E-state index >= 15 is 0 Å². The SMILES string of the molecule is O=C1COc2ccc([N+](=O)[O-])cc2N1CC(=O)N1CCCC1c1nc2ccccc2s1. The van der Waals surface area contributed by atoms with Crippen molar-refractivity contribution in [2.24, 2.45) is 0 Å². The minimum Gasteiger partial charge on any atom is -0.482 e. The van der Waals surface area contributed by atoms with Gasteiger partial charge in [-0.3, -0.25) is 24.6 Å². The van der Waals surface area contributed by atoms with Crippen LogP contribution in [0.15, 0.2) is 42.5 Å². The molecule has 0 spiro atoms. The zero-order valence-electron chi connectivity index (χ0n) is 16.4. The van der Waals surface area contributed by atoms with E-state index in [1.165, 1.54) is 23.1 Å². The second-order valence-corrected chi connectivity index (χ2v) is 8.50. The molecule has 5 rings (SSSR count). The molecular formula is C21H18N4O5S. The number of aromatic nitrogens is 1. The van der Waals surface area contributed by atoms with E-state index in [9.17, 15) is 19.7 Å². The molecule has 2 aliphatic heterocycles. The second kappa shape index (κ2) is 7.62. The first-order valence-corrected chi connectivity index (χ1v) is 10.7. The first kappa shape index (κ1) is 19.4. The van der Waals surface area contributed by atoms with E-state index in [4.69, 9.17) is 9.72 Å². The summed E-state index contributed by atoms with van der Waals surface area (Å²) in [5.74, 6) is -0.270. The maximum atomic E-state index is 13.2. The minimum atomic E-state index is -0.539. The number of rotatable bonds is 4. The summed E-state index contributed by atoms with van der Waals surface area (Å²) in [7, 11) is 0. The average molecular weight is 438 g/mol. The minimum absolute atomic E-state index is 0.134. The Hall–Kier alpha value is -3.53. The summed E-state index contributed by atoms with van der Waals surface area (Å²) in [6.45, 7) is 0.177. The molecule has 2 aromatic carbocycles. The van der Waals surface area contributed by atoms with Gasteiger partial charge in [0.2, 0.25) is 5.91 Å². The van der Waals surface area contributed by atoms with E-state index in [2.05, 4.69) is 0 Å². The van der Waals surface area contributed by atoms with Gasteiger partial charge in [0.05, 0.1) is 26.9 Å². The van der Waals surface area contributed by atoms with Gasteiger partial charge >= 0.3 is 0 Å². The lowest BCUT2D eigenvalue weighted by molar-refractivity contribution is -0.384. The number of anilines is 1. The van der Waals surface area contributed by atoms with Gasteiger partial charge < -0.3 is 9.64 Å². The molecule has 1 unspecified atom stereocenters. The maximum absolute atomic E-state index is 13.2. The molecule has 1 aromatic heterocycles. The quantitative estimate of drug-likeness (QED) is 0.457. The Labute approximate surface area is 181 Å². The molecule has 9 nitrogen and oxygen atoms in total. The number of thiazole rings is 1. The second-order valence-electron chi connectivity index (χ2n) is 7.44. The molecule has 0 radical (unpaired) electrons. The standard InChI is InChI=1S/C21H18N4O5S/c26-19(11-24-16-10-13(25(28)29)7-8-17(16)30-12-20(24)27)23-9-3-5-15(23)21-22-14-4-1-2-6-18(14)31-21/h1-2,4,6-8,10,15H,3,5,9,11-12H2. The zero-order valence-corrected chi connectivity index (χ0v) is 17.2. The number of nitro groups is 1. The number of ether oxygens (including phenoxy) is 1. The Kier molecular flexibility index (Phi) is 4.78. The smallest absolute Gasteiger partial charge is 0.271 e. The van der Waals surface area contributed by atoms with E-state index in [1.54, 1.807) is 16.2 Å². The normalized spacial score (nSPS) is 18.2. The van der Waals surface area contributed by atoms with Gasteiger partial charge in [0.15, 0.2) is 6.61 Å². The molecule has 3 aromatic rings. The highest BCUT2D eigenvalue weighted by molar-refractivity contribution is 7.18. The Bertz CT molecular complexity index is 1180. The van der Waals surface area contributed by atoms with E-state index in [1.807, 2.05) is 24.3 Å². The molecule has 31 heavy (non-hydrogen) atoms. The van der Waals surface area contributed by atoms with Crippen molar-refractivity contribution in [2.75, 3.05) is 24.6 Å². The van der Waals surface area contributed by atoms with Gasteiger partial charge in [-0.25, -0.2) is 4.98 Å². The average Bonchev–Trinajstić information content (AvgIpc) is 3.42. The molecule has 0 N–H and O–H groups in total. The molecule has 1 fully saturated rings. The Morgan fingerprint density at radius 1 is 1.29 bits per heavy atom. The van der Waals surface area contributed by atoms with Gasteiger partial charge in [-0.1, -0.05) is 12.1 Å². The summed E-state index contributed by atoms with van der Waals surface area (Å²) in [6, 6.07) is 11.8. The van der Waals surface area contributed by atoms with E-state index in [0.29, 0.717) is 12.3 Å². The number of likely N-dealkylation sites (tertiary alicyclic amines) is 1. The molecule has 0 bridgehead atoms. The van der Waals surface area contributed by atoms with Gasteiger partial charge in [0, 0.05) is 18.7 Å². The number of benzene rings is 2. The maximum Gasteiger partial charge on any atom is 0.271 e. The third-order valence-corrected chi connectivity index (χ3v) is 6.70. The fourth-order valence-electron chi connectivity index (χ4n) is 4.06. The fourth-order valence-corrected chi connectivity index (χ4v) is 5.17. The van der Waals surface area contributed by atoms with Crippen LogP contribution < -0.4 is 9.64 Å². The molecule has 1 saturated heterocycles. The third-order valence-electron chi connectivity index (χ3n) is 5.56. The van der Waals surface area contributed by atoms with Crippen LogP contribution in [-0.2, 0) is 9.59 Å². The lowest BCUT2D eigenvalue weighted by Crippen LogP contribution is -2.46. The lowest BCUT2D eigenvalue weighted by atomic mass is 10.2. The summed E-state index contributed by atoms with van der Waals surface area (Å²) in [5.41, 5.74) is 0.990. The molecule has 2 amide bonds. The van der Waals surface area contributed by atoms with Crippen molar-refractivity contribution >= 4 is 44.7 Å². The first-order valence-electron chi connectivity index (χ1n) is 9.88. The van der Waals surface area contributed by atoms with Crippen LogP contribution in [0.2, 0.25) is 0 Å². The molecule has 0 aliphatic carbocycles. The van der Waals surface area contributed by atoms with Crippen molar-refractivity contribution in [1.82, 2.24) is 9.88 Å². The summed E-state index contributed by atoms with van der Waals surface area (Å²) >= 11 is 1.58. The summed E-state index contributed by atoms with van der Waals surface area (Å²) in [5, 5.41) is 12.0. The number of hydrogen-bond acceptors (Lipinski definition) is 7. The number of nitrogens with zero attached hydrogens (tertiary/aromatic N) is 4. The Balaban J connectivity index is 1.41. The molecular weight excluding hydrogens is 420 g/mol. The van der Waals surface area contributed by atoms with E-state index in [0.717, 1.165) is 28.1 Å². The van der Waals surface area contributed by atoms with Crippen molar-refractivity contribution in [3.63, 3.8) is 0 Å². The van der Waals surface area contributed by atoms with Crippen LogP contribution in [0, 0.1) is 10.1 Å². The molecule has 1 atom stereocenters. The number of carbonyl (C=O) groups excluding carboxylic acids is 2. The molecule has 158 valence electrons. The van der Waals surface area contributed by atoms with Gasteiger partial charge in [-0.15, -0.1) is 11.3 Å². The Morgan fingerprint density at radius 2 is 2.13 bits per heavy atom. The van der Waals surface area contributed by atoms with Crippen molar-refractivity contribution in [1.29, 1.82) is 0 Å². The number of carbonyl (C=O) groups is 2. The number of hydrogen-bond donors (Lipinski definition) is 0. The van der Waals surface area contributed by atoms with Gasteiger partial charge in [0.25, 0.3) is 11.6 Å².